The first-order valence-corrected chi connectivity index (χ1v) is 9.80. The minimum atomic E-state index is -0.523. The van der Waals surface area contributed by atoms with Crippen LogP contribution < -0.4 is 10.6 Å². The number of carbonyl (C=O) groups is 1. The van der Waals surface area contributed by atoms with Crippen molar-refractivity contribution in [2.75, 3.05) is 14.1 Å². The molecule has 0 radical (unpaired) electrons. The molecule has 0 aliphatic heterocycles. The fraction of sp³-hybridized carbons (Fsp3) is 0.333. The predicted molar refractivity (Wildman–Crippen MR) is 124 cm³/mol. The van der Waals surface area contributed by atoms with Gasteiger partial charge in [0.25, 0.3) is 0 Å². The van der Waals surface area contributed by atoms with E-state index in [1.165, 1.54) is 12.3 Å². The largest absolute Gasteiger partial charge is 0.316 e. The van der Waals surface area contributed by atoms with Crippen LogP contribution in [0.5, 0.6) is 0 Å². The van der Waals surface area contributed by atoms with E-state index in [1.807, 2.05) is 14.1 Å². The molecule has 33 heavy (non-hydrogen) atoms. The monoisotopic (exact) mass is 463 g/mol. The summed E-state index contributed by atoms with van der Waals surface area (Å²) in [5, 5.41) is 5.94. The van der Waals surface area contributed by atoms with Crippen molar-refractivity contribution in [3.63, 3.8) is 0 Å². The van der Waals surface area contributed by atoms with Crippen LogP contribution >= 0.6 is 0 Å². The van der Waals surface area contributed by atoms with Crippen molar-refractivity contribution in [2.45, 2.75) is 41.3 Å². The first kappa shape index (κ1) is 29.8. The molecule has 0 aliphatic rings. The molecule has 0 atom stereocenters. The van der Waals surface area contributed by atoms with Gasteiger partial charge in [0.15, 0.2) is 6.29 Å². The van der Waals surface area contributed by atoms with Crippen molar-refractivity contribution >= 4 is 6.29 Å². The van der Waals surface area contributed by atoms with Crippen LogP contribution in [-0.2, 0) is 13.1 Å². The number of hydrogen-bond acceptors (Lipinski definition) is 6. The van der Waals surface area contributed by atoms with Gasteiger partial charge in [0.1, 0.15) is 0 Å². The van der Waals surface area contributed by atoms with Crippen molar-refractivity contribution in [3.05, 3.63) is 88.0 Å². The third kappa shape index (κ3) is 10.8. The third-order valence-corrected chi connectivity index (χ3v) is 4.08. The van der Waals surface area contributed by atoms with Gasteiger partial charge in [0, 0.05) is 53.9 Å². The fourth-order valence-electron chi connectivity index (χ4n) is 2.48. The summed E-state index contributed by atoms with van der Waals surface area (Å²) in [4.78, 5) is 20.6. The van der Waals surface area contributed by atoms with E-state index in [0.717, 1.165) is 24.2 Å². The van der Waals surface area contributed by atoms with Crippen LogP contribution in [0.4, 0.5) is 13.2 Å². The SMILES string of the molecule is C.CNCc1cnc(F)c(C)c1.CNCc1cnc(F)c(C)c1.Cc1cc(C=O)cnc1F. The Kier molecular flexibility index (Phi) is 14.1. The van der Waals surface area contributed by atoms with Crippen LogP contribution in [0.1, 0.15) is 45.6 Å². The van der Waals surface area contributed by atoms with Crippen LogP contribution in [0.2, 0.25) is 0 Å². The Bertz CT molecular complexity index is 962. The standard InChI is InChI=1S/2C8H11FN2.C7H6FNO.CH4/c2*1-6-3-7(4-10-2)5-11-8(6)9;1-5-2-6(4-10)3-9-7(5)8;/h2*3,5,10H,4H2,1-2H3;2-4H,1H3;1H4. The Morgan fingerprint density at radius 2 is 1.09 bits per heavy atom. The molecular formula is C24H32F3N5O. The highest BCUT2D eigenvalue weighted by Crippen LogP contribution is 2.06. The maximum Gasteiger partial charge on any atom is 0.215 e. The van der Waals surface area contributed by atoms with Gasteiger partial charge in [-0.2, -0.15) is 13.2 Å². The molecule has 9 heteroatoms. The summed E-state index contributed by atoms with van der Waals surface area (Å²) < 4.78 is 37.6. The average Bonchev–Trinajstić information content (AvgIpc) is 2.77. The number of aryl methyl sites for hydroxylation is 3. The topological polar surface area (TPSA) is 79.8 Å². The summed E-state index contributed by atoms with van der Waals surface area (Å²) in [5.41, 5.74) is 4.00. The summed E-state index contributed by atoms with van der Waals surface area (Å²) in [6.45, 7) is 6.44. The Balaban J connectivity index is 0.000000459. The van der Waals surface area contributed by atoms with E-state index in [4.69, 9.17) is 0 Å². The summed E-state index contributed by atoms with van der Waals surface area (Å²) in [6.07, 6.45) is 4.92. The number of hydrogen-bond donors (Lipinski definition) is 2. The Morgan fingerprint density at radius 3 is 1.39 bits per heavy atom. The van der Waals surface area contributed by atoms with Crippen molar-refractivity contribution < 1.29 is 18.0 Å². The van der Waals surface area contributed by atoms with Crippen molar-refractivity contribution in [2.24, 2.45) is 0 Å². The molecule has 3 aromatic heterocycles. The zero-order valence-corrected chi connectivity index (χ0v) is 18.8. The molecule has 0 spiro atoms. The van der Waals surface area contributed by atoms with Crippen LogP contribution in [0, 0.1) is 38.6 Å². The zero-order chi connectivity index (χ0) is 24.1. The Labute approximate surface area is 193 Å². The summed E-state index contributed by atoms with van der Waals surface area (Å²) in [7, 11) is 3.69. The lowest BCUT2D eigenvalue weighted by Gasteiger charge is -2.00. The number of aldehydes is 1. The number of nitrogens with zero attached hydrogens (tertiary/aromatic N) is 3. The molecule has 3 heterocycles. The van der Waals surface area contributed by atoms with Gasteiger partial charge in [-0.1, -0.05) is 7.43 Å². The molecule has 0 bridgehead atoms. The average molecular weight is 464 g/mol. The van der Waals surface area contributed by atoms with Gasteiger partial charge in [-0.15, -0.1) is 0 Å². The quantitative estimate of drug-likeness (QED) is 0.429. The maximum absolute atomic E-state index is 12.6. The highest BCUT2D eigenvalue weighted by atomic mass is 19.1. The van der Waals surface area contributed by atoms with E-state index >= 15 is 0 Å². The van der Waals surface area contributed by atoms with Crippen molar-refractivity contribution in [1.82, 2.24) is 25.6 Å². The lowest BCUT2D eigenvalue weighted by atomic mass is 10.2. The normalized spacial score (nSPS) is 9.58. The van der Waals surface area contributed by atoms with E-state index in [0.29, 0.717) is 28.5 Å². The summed E-state index contributed by atoms with van der Waals surface area (Å²) >= 11 is 0. The molecule has 6 nitrogen and oxygen atoms in total. The minimum Gasteiger partial charge on any atom is -0.316 e. The maximum atomic E-state index is 12.6. The van der Waals surface area contributed by atoms with E-state index in [2.05, 4.69) is 25.6 Å². The molecule has 180 valence electrons. The van der Waals surface area contributed by atoms with Gasteiger partial charge in [0.05, 0.1) is 0 Å². The number of aromatic nitrogens is 3. The summed E-state index contributed by atoms with van der Waals surface area (Å²) in [6, 6.07) is 5.03. The molecule has 0 unspecified atom stereocenters. The lowest BCUT2D eigenvalue weighted by molar-refractivity contribution is 0.112. The van der Waals surface area contributed by atoms with Crippen LogP contribution in [-0.4, -0.2) is 35.3 Å². The fourth-order valence-corrected chi connectivity index (χ4v) is 2.48. The Hall–Kier alpha value is -3.17. The second-order valence-electron chi connectivity index (χ2n) is 6.96. The second kappa shape index (κ2) is 15.6. The minimum absolute atomic E-state index is 0. The first-order valence-electron chi connectivity index (χ1n) is 9.80. The molecular weight excluding hydrogens is 431 g/mol. The molecule has 3 rings (SSSR count). The molecule has 0 amide bonds. The van der Waals surface area contributed by atoms with Gasteiger partial charge >= 0.3 is 0 Å². The van der Waals surface area contributed by atoms with Gasteiger partial charge in [-0.25, -0.2) is 15.0 Å². The number of nitrogens with one attached hydrogen (secondary N) is 2. The molecule has 0 saturated heterocycles. The third-order valence-electron chi connectivity index (χ3n) is 4.08. The molecule has 0 aromatic carbocycles. The lowest BCUT2D eigenvalue weighted by Crippen LogP contribution is -2.06. The van der Waals surface area contributed by atoms with Crippen LogP contribution in [0.25, 0.3) is 0 Å². The number of pyridine rings is 3. The van der Waals surface area contributed by atoms with Gasteiger partial charge in [-0.05, 0) is 64.2 Å². The number of carbonyl (C=O) groups excluding carboxylic acids is 1. The van der Waals surface area contributed by atoms with Crippen molar-refractivity contribution in [3.8, 4) is 0 Å². The van der Waals surface area contributed by atoms with E-state index < -0.39 is 5.95 Å². The molecule has 0 aliphatic carbocycles. The Morgan fingerprint density at radius 1 is 0.727 bits per heavy atom. The predicted octanol–water partition coefficient (Wildman–Crippen LogP) is 4.47. The smallest absolute Gasteiger partial charge is 0.215 e. The second-order valence-corrected chi connectivity index (χ2v) is 6.96. The molecule has 3 aromatic rings. The molecule has 0 saturated carbocycles. The van der Waals surface area contributed by atoms with E-state index in [1.54, 1.807) is 45.3 Å². The van der Waals surface area contributed by atoms with Gasteiger partial charge in [-0.3, -0.25) is 4.79 Å². The van der Waals surface area contributed by atoms with E-state index in [-0.39, 0.29) is 19.3 Å². The highest BCUT2D eigenvalue weighted by Gasteiger charge is 1.99. The molecule has 2 N–H and O–H groups in total. The molecule has 0 fully saturated rings. The summed E-state index contributed by atoms with van der Waals surface area (Å²) in [5.74, 6) is -1.29. The number of halogens is 3. The van der Waals surface area contributed by atoms with Gasteiger partial charge < -0.3 is 10.6 Å². The van der Waals surface area contributed by atoms with Crippen LogP contribution in [0.3, 0.4) is 0 Å². The van der Waals surface area contributed by atoms with Crippen LogP contribution in [0.15, 0.2) is 36.8 Å². The zero-order valence-electron chi connectivity index (χ0n) is 18.8. The van der Waals surface area contributed by atoms with Crippen molar-refractivity contribution in [1.29, 1.82) is 0 Å². The number of rotatable bonds is 5. The van der Waals surface area contributed by atoms with E-state index in [9.17, 15) is 18.0 Å². The van der Waals surface area contributed by atoms with Gasteiger partial charge in [0.2, 0.25) is 17.8 Å². The highest BCUT2D eigenvalue weighted by molar-refractivity contribution is 5.74. The first-order chi connectivity index (χ1) is 15.2.